The van der Waals surface area contributed by atoms with E-state index < -0.39 is 0 Å². The maximum atomic E-state index is 12.6. The van der Waals surface area contributed by atoms with Crippen LogP contribution in [0, 0.1) is 29.6 Å². The zero-order chi connectivity index (χ0) is 14.2. The van der Waals surface area contributed by atoms with Gasteiger partial charge < -0.3 is 5.32 Å². The summed E-state index contributed by atoms with van der Waals surface area (Å²) in [5.41, 5.74) is 0. The van der Waals surface area contributed by atoms with Crippen molar-refractivity contribution in [2.24, 2.45) is 29.6 Å². The summed E-state index contributed by atoms with van der Waals surface area (Å²) in [6.45, 7) is 1.66. The third-order valence-electron chi connectivity index (χ3n) is 5.95. The van der Waals surface area contributed by atoms with Crippen molar-refractivity contribution in [1.29, 1.82) is 0 Å². The first-order chi connectivity index (χ1) is 10.3. The number of nitrogens with one attached hydrogen (secondary N) is 1. The molecule has 4 saturated carbocycles. The van der Waals surface area contributed by atoms with Crippen molar-refractivity contribution < 1.29 is 4.79 Å². The number of hydrogen-bond acceptors (Lipinski definition) is 2. The summed E-state index contributed by atoms with van der Waals surface area (Å²) < 4.78 is 1.93. The lowest BCUT2D eigenvalue weighted by atomic mass is 9.51. The molecule has 0 atom stereocenters. The molecule has 4 nitrogen and oxygen atoms in total. The average molecular weight is 287 g/mol. The van der Waals surface area contributed by atoms with E-state index in [2.05, 4.69) is 10.4 Å². The zero-order valence-electron chi connectivity index (χ0n) is 12.6. The van der Waals surface area contributed by atoms with E-state index in [1.807, 2.05) is 16.9 Å². The maximum absolute atomic E-state index is 12.6. The van der Waals surface area contributed by atoms with E-state index in [0.717, 1.165) is 31.3 Å². The number of amides is 1. The minimum absolute atomic E-state index is 0.322. The number of nitrogens with zero attached hydrogens (tertiary/aromatic N) is 2. The lowest BCUT2D eigenvalue weighted by Gasteiger charge is -2.53. The summed E-state index contributed by atoms with van der Waals surface area (Å²) in [6.07, 6.45) is 11.5. The Morgan fingerprint density at radius 1 is 1.14 bits per heavy atom. The van der Waals surface area contributed by atoms with E-state index in [1.165, 1.54) is 32.1 Å². The number of aromatic nitrogens is 2. The molecule has 1 amide bonds. The Balaban J connectivity index is 1.27. The minimum Gasteiger partial charge on any atom is -0.356 e. The molecule has 4 fully saturated rings. The van der Waals surface area contributed by atoms with Gasteiger partial charge in [0.25, 0.3) is 0 Å². The van der Waals surface area contributed by atoms with Gasteiger partial charge in [-0.2, -0.15) is 5.10 Å². The molecule has 5 rings (SSSR count). The van der Waals surface area contributed by atoms with Gasteiger partial charge in [-0.3, -0.25) is 9.48 Å². The summed E-state index contributed by atoms with van der Waals surface area (Å²) in [6, 6.07) is 1.94. The van der Waals surface area contributed by atoms with Crippen molar-refractivity contribution in [3.8, 4) is 0 Å². The number of hydrogen-bond donors (Lipinski definition) is 1. The molecular weight excluding hydrogens is 262 g/mol. The Bertz CT molecular complexity index is 468. The molecule has 0 unspecified atom stereocenters. The molecule has 21 heavy (non-hydrogen) atoms. The Kier molecular flexibility index (Phi) is 3.48. The molecule has 0 spiro atoms. The predicted molar refractivity (Wildman–Crippen MR) is 80.4 cm³/mol. The second-order valence-corrected chi connectivity index (χ2v) is 7.37. The van der Waals surface area contributed by atoms with Crippen LogP contribution in [0.3, 0.4) is 0 Å². The Labute approximate surface area is 126 Å². The van der Waals surface area contributed by atoms with Crippen LogP contribution in [0.15, 0.2) is 18.5 Å². The smallest absolute Gasteiger partial charge is 0.223 e. The number of carbonyl (C=O) groups excluding carboxylic acids is 1. The van der Waals surface area contributed by atoms with Crippen LogP contribution in [-0.4, -0.2) is 22.2 Å². The van der Waals surface area contributed by atoms with Crippen molar-refractivity contribution in [1.82, 2.24) is 15.1 Å². The van der Waals surface area contributed by atoms with Gasteiger partial charge in [-0.1, -0.05) is 0 Å². The van der Waals surface area contributed by atoms with Gasteiger partial charge in [0.15, 0.2) is 0 Å². The maximum Gasteiger partial charge on any atom is 0.223 e. The van der Waals surface area contributed by atoms with Gasteiger partial charge in [0.2, 0.25) is 5.91 Å². The quantitative estimate of drug-likeness (QED) is 0.846. The van der Waals surface area contributed by atoms with Crippen molar-refractivity contribution in [2.45, 2.75) is 45.1 Å². The fourth-order valence-corrected chi connectivity index (χ4v) is 5.36. The molecule has 4 heteroatoms. The molecule has 114 valence electrons. The molecule has 4 aliphatic rings. The van der Waals surface area contributed by atoms with Crippen molar-refractivity contribution in [3.63, 3.8) is 0 Å². The molecule has 0 saturated heterocycles. The van der Waals surface area contributed by atoms with Crippen LogP contribution in [0.4, 0.5) is 0 Å². The topological polar surface area (TPSA) is 46.9 Å². The second kappa shape index (κ2) is 5.47. The van der Waals surface area contributed by atoms with E-state index in [4.69, 9.17) is 0 Å². The van der Waals surface area contributed by atoms with E-state index in [1.54, 1.807) is 6.20 Å². The summed E-state index contributed by atoms with van der Waals surface area (Å²) in [5.74, 6) is 3.92. The lowest BCUT2D eigenvalue weighted by Crippen LogP contribution is -2.51. The first-order valence-electron chi connectivity index (χ1n) is 8.54. The summed E-state index contributed by atoms with van der Waals surface area (Å²) in [5, 5.41) is 7.38. The highest BCUT2D eigenvalue weighted by molar-refractivity contribution is 5.79. The largest absolute Gasteiger partial charge is 0.356 e. The summed E-state index contributed by atoms with van der Waals surface area (Å²) >= 11 is 0. The highest BCUT2D eigenvalue weighted by Crippen LogP contribution is 2.56. The van der Waals surface area contributed by atoms with Crippen molar-refractivity contribution in [2.75, 3.05) is 6.54 Å². The number of aryl methyl sites for hydroxylation is 1. The van der Waals surface area contributed by atoms with Crippen LogP contribution < -0.4 is 5.32 Å². The lowest BCUT2D eigenvalue weighted by molar-refractivity contribution is -0.138. The summed E-state index contributed by atoms with van der Waals surface area (Å²) in [4.78, 5) is 12.6. The van der Waals surface area contributed by atoms with E-state index in [0.29, 0.717) is 23.7 Å². The number of rotatable bonds is 5. The molecule has 4 aliphatic carbocycles. The Morgan fingerprint density at radius 3 is 2.48 bits per heavy atom. The van der Waals surface area contributed by atoms with Gasteiger partial charge in [0.1, 0.15) is 0 Å². The molecule has 1 heterocycles. The van der Waals surface area contributed by atoms with Crippen LogP contribution in [0.1, 0.15) is 38.5 Å². The van der Waals surface area contributed by atoms with Crippen LogP contribution >= 0.6 is 0 Å². The molecule has 1 aromatic rings. The normalized spacial score (nSPS) is 36.9. The van der Waals surface area contributed by atoms with Gasteiger partial charge in [-0.25, -0.2) is 0 Å². The second-order valence-electron chi connectivity index (χ2n) is 7.37. The third kappa shape index (κ3) is 2.60. The van der Waals surface area contributed by atoms with E-state index >= 15 is 0 Å². The third-order valence-corrected chi connectivity index (χ3v) is 5.95. The van der Waals surface area contributed by atoms with E-state index in [-0.39, 0.29) is 0 Å². The molecular formula is C17H25N3O. The molecule has 1 aromatic heterocycles. The van der Waals surface area contributed by atoms with Gasteiger partial charge in [0.05, 0.1) is 0 Å². The van der Waals surface area contributed by atoms with Crippen LogP contribution in [0.25, 0.3) is 0 Å². The zero-order valence-corrected chi connectivity index (χ0v) is 12.6. The fraction of sp³-hybridized carbons (Fsp3) is 0.765. The highest BCUT2D eigenvalue weighted by atomic mass is 16.1. The van der Waals surface area contributed by atoms with E-state index in [9.17, 15) is 4.79 Å². The standard InChI is InChI=1S/C17H25N3O/c21-17(18-3-1-5-20-6-2-4-19-20)16-14-8-12-7-13(10-14)11-15(16)9-12/h2,4,6,12-16H,1,3,5,7-11H2,(H,18,21). The van der Waals surface area contributed by atoms with Gasteiger partial charge in [-0.15, -0.1) is 0 Å². The van der Waals surface area contributed by atoms with Crippen molar-refractivity contribution in [3.05, 3.63) is 18.5 Å². The molecule has 0 radical (unpaired) electrons. The molecule has 0 aromatic carbocycles. The first-order valence-corrected chi connectivity index (χ1v) is 8.54. The van der Waals surface area contributed by atoms with Crippen molar-refractivity contribution >= 4 is 5.91 Å². The van der Waals surface area contributed by atoms with Gasteiger partial charge in [-0.05, 0) is 68.3 Å². The number of carbonyl (C=O) groups is 1. The molecule has 0 aliphatic heterocycles. The fourth-order valence-electron chi connectivity index (χ4n) is 5.36. The average Bonchev–Trinajstić information content (AvgIpc) is 2.95. The molecule has 1 N–H and O–H groups in total. The minimum atomic E-state index is 0.322. The summed E-state index contributed by atoms with van der Waals surface area (Å²) in [7, 11) is 0. The first kappa shape index (κ1) is 13.4. The Hall–Kier alpha value is -1.32. The van der Waals surface area contributed by atoms with Gasteiger partial charge in [0, 0.05) is 31.4 Å². The SMILES string of the molecule is O=C(NCCCn1cccn1)C1C2CC3CC(C2)CC1C3. The van der Waals surface area contributed by atoms with Crippen LogP contribution in [0.2, 0.25) is 0 Å². The van der Waals surface area contributed by atoms with Crippen LogP contribution in [-0.2, 0) is 11.3 Å². The monoisotopic (exact) mass is 287 g/mol. The Morgan fingerprint density at radius 2 is 1.86 bits per heavy atom. The highest BCUT2D eigenvalue weighted by Gasteiger charge is 2.50. The van der Waals surface area contributed by atoms with Gasteiger partial charge >= 0.3 is 0 Å². The van der Waals surface area contributed by atoms with Crippen LogP contribution in [0.5, 0.6) is 0 Å². The predicted octanol–water partition coefficient (Wildman–Crippen LogP) is 2.46. The molecule has 4 bridgehead atoms.